The Balaban J connectivity index is 2.07. The summed E-state index contributed by atoms with van der Waals surface area (Å²) in [5.74, 6) is -0.561. The minimum Gasteiger partial charge on any atom is -0.406 e. The van der Waals surface area contributed by atoms with Gasteiger partial charge in [0.2, 0.25) is 10.0 Å². The van der Waals surface area contributed by atoms with Gasteiger partial charge in [-0.2, -0.15) is 0 Å². The van der Waals surface area contributed by atoms with Gasteiger partial charge in [0.1, 0.15) is 5.75 Å². The smallest absolute Gasteiger partial charge is 0.406 e. The molecule has 0 aliphatic heterocycles. The predicted molar refractivity (Wildman–Crippen MR) is 102 cm³/mol. The lowest BCUT2D eigenvalue weighted by Crippen LogP contribution is -2.25. The molecule has 0 aliphatic rings. The van der Waals surface area contributed by atoms with Gasteiger partial charge in [-0.25, -0.2) is 21.6 Å². The van der Waals surface area contributed by atoms with E-state index < -0.39 is 32.2 Å². The summed E-state index contributed by atoms with van der Waals surface area (Å²) >= 11 is 0. The summed E-state index contributed by atoms with van der Waals surface area (Å²) in [6.45, 7) is 0.575. The summed E-state index contributed by atoms with van der Waals surface area (Å²) < 4.78 is 98.7. The fraction of sp³-hybridized carbons (Fsp3) is 0.294. The van der Waals surface area contributed by atoms with Gasteiger partial charge in [0.05, 0.1) is 9.79 Å². The molecule has 0 radical (unpaired) electrons. The number of nitrogens with one attached hydrogen (secondary N) is 2. The zero-order valence-electron chi connectivity index (χ0n) is 15.6. The van der Waals surface area contributed by atoms with E-state index in [-0.39, 0.29) is 22.0 Å². The highest BCUT2D eigenvalue weighted by Gasteiger charge is 2.31. The van der Waals surface area contributed by atoms with Crippen molar-refractivity contribution < 1.29 is 39.5 Å². The number of benzene rings is 2. The first-order valence-corrected chi connectivity index (χ1v) is 11.4. The van der Waals surface area contributed by atoms with Crippen molar-refractivity contribution in [2.75, 3.05) is 25.0 Å². The van der Waals surface area contributed by atoms with Crippen LogP contribution in [0.4, 0.5) is 18.9 Å². The minimum absolute atomic E-state index is 0.0588. The molecule has 0 amide bonds. The summed E-state index contributed by atoms with van der Waals surface area (Å²) in [7, 11) is -6.37. The molecule has 0 unspecified atom stereocenters. The minimum atomic E-state index is -4.89. The monoisotopic (exact) mass is 468 g/mol. The first kappa shape index (κ1) is 23.9. The number of hydrogen-bond donors (Lipinski definition) is 2. The zero-order valence-corrected chi connectivity index (χ0v) is 17.3. The lowest BCUT2D eigenvalue weighted by molar-refractivity contribution is -0.274. The van der Waals surface area contributed by atoms with Crippen molar-refractivity contribution in [1.82, 2.24) is 4.72 Å². The third kappa shape index (κ3) is 7.16. The standard InChI is InChI=1S/C17H19F3N2O6S2/c1-27-12-2-11-21-29(23,24)15-7-3-13(4-8-15)22-30(25,26)16-9-5-14(6-10-16)28-17(18,19)20/h3-10,21-22H,2,11-12H2,1H3. The maximum absolute atomic E-state index is 12.4. The van der Waals surface area contributed by atoms with E-state index in [4.69, 9.17) is 4.74 Å². The maximum atomic E-state index is 12.4. The molecule has 13 heteroatoms. The van der Waals surface area contributed by atoms with Gasteiger partial charge in [0, 0.05) is 25.9 Å². The summed E-state index contributed by atoms with van der Waals surface area (Å²) in [4.78, 5) is -0.356. The number of anilines is 1. The van der Waals surface area contributed by atoms with Gasteiger partial charge in [-0.3, -0.25) is 4.72 Å². The Morgan fingerprint density at radius 1 is 0.867 bits per heavy atom. The average Bonchev–Trinajstić information content (AvgIpc) is 2.64. The Morgan fingerprint density at radius 2 is 1.40 bits per heavy atom. The first-order valence-electron chi connectivity index (χ1n) is 8.40. The van der Waals surface area contributed by atoms with Crippen LogP contribution < -0.4 is 14.2 Å². The molecule has 0 atom stereocenters. The van der Waals surface area contributed by atoms with Crippen LogP contribution in [0.15, 0.2) is 58.3 Å². The molecule has 2 aromatic carbocycles. The number of sulfonamides is 2. The van der Waals surface area contributed by atoms with E-state index in [1.165, 1.54) is 31.4 Å². The second kappa shape index (κ2) is 9.64. The van der Waals surface area contributed by atoms with Gasteiger partial charge < -0.3 is 9.47 Å². The van der Waals surface area contributed by atoms with Crippen molar-refractivity contribution in [3.8, 4) is 5.75 Å². The van der Waals surface area contributed by atoms with Crippen molar-refractivity contribution >= 4 is 25.7 Å². The van der Waals surface area contributed by atoms with Crippen molar-refractivity contribution in [3.05, 3.63) is 48.5 Å². The van der Waals surface area contributed by atoms with Gasteiger partial charge in [-0.15, -0.1) is 13.2 Å². The van der Waals surface area contributed by atoms with Crippen LogP contribution >= 0.6 is 0 Å². The van der Waals surface area contributed by atoms with Crippen LogP contribution in [-0.4, -0.2) is 43.5 Å². The van der Waals surface area contributed by atoms with Gasteiger partial charge in [0.25, 0.3) is 10.0 Å². The van der Waals surface area contributed by atoms with E-state index in [2.05, 4.69) is 14.2 Å². The van der Waals surface area contributed by atoms with Crippen LogP contribution in [0, 0.1) is 0 Å². The molecule has 2 N–H and O–H groups in total. The highest BCUT2D eigenvalue weighted by molar-refractivity contribution is 7.92. The molecule has 0 heterocycles. The Bertz CT molecular complexity index is 1040. The highest BCUT2D eigenvalue weighted by Crippen LogP contribution is 2.25. The quantitative estimate of drug-likeness (QED) is 0.519. The molecule has 0 aliphatic carbocycles. The second-order valence-electron chi connectivity index (χ2n) is 5.89. The fourth-order valence-corrected chi connectivity index (χ4v) is 4.38. The van der Waals surface area contributed by atoms with Gasteiger partial charge >= 0.3 is 6.36 Å². The number of alkyl halides is 3. The van der Waals surface area contributed by atoms with Crippen LogP contribution in [0.5, 0.6) is 5.75 Å². The van der Waals surface area contributed by atoms with E-state index in [0.717, 1.165) is 24.3 Å². The van der Waals surface area contributed by atoms with Crippen LogP contribution in [0.2, 0.25) is 0 Å². The Morgan fingerprint density at radius 3 is 1.93 bits per heavy atom. The molecule has 0 saturated carbocycles. The first-order chi connectivity index (χ1) is 13.9. The molecule has 0 saturated heterocycles. The van der Waals surface area contributed by atoms with Crippen LogP contribution in [0.3, 0.4) is 0 Å². The van der Waals surface area contributed by atoms with Crippen molar-refractivity contribution in [2.45, 2.75) is 22.6 Å². The largest absolute Gasteiger partial charge is 0.573 e. The second-order valence-corrected chi connectivity index (χ2v) is 9.34. The van der Waals surface area contributed by atoms with Crippen molar-refractivity contribution in [2.24, 2.45) is 0 Å². The van der Waals surface area contributed by atoms with E-state index in [1.807, 2.05) is 0 Å². The highest BCUT2D eigenvalue weighted by atomic mass is 32.2. The van der Waals surface area contributed by atoms with Crippen molar-refractivity contribution in [1.29, 1.82) is 0 Å². The Hall–Kier alpha value is -2.35. The average molecular weight is 468 g/mol. The molecule has 0 fully saturated rings. The SMILES string of the molecule is COCCCNS(=O)(=O)c1ccc(NS(=O)(=O)c2ccc(OC(F)(F)F)cc2)cc1. The fourth-order valence-electron chi connectivity index (χ4n) is 2.24. The molecule has 0 aromatic heterocycles. The summed E-state index contributed by atoms with van der Waals surface area (Å²) in [6, 6.07) is 8.58. The molecule has 166 valence electrons. The van der Waals surface area contributed by atoms with Crippen LogP contribution in [-0.2, 0) is 24.8 Å². The predicted octanol–water partition coefficient (Wildman–Crippen LogP) is 2.70. The molecule has 2 aromatic rings. The molecule has 0 bridgehead atoms. The third-order valence-electron chi connectivity index (χ3n) is 3.60. The molecule has 30 heavy (non-hydrogen) atoms. The Kier molecular flexibility index (Phi) is 7.69. The van der Waals surface area contributed by atoms with E-state index >= 15 is 0 Å². The molecule has 2 rings (SSSR count). The van der Waals surface area contributed by atoms with Gasteiger partial charge in [-0.1, -0.05) is 0 Å². The van der Waals surface area contributed by atoms with Crippen LogP contribution in [0.25, 0.3) is 0 Å². The Labute approximate surface area is 172 Å². The zero-order chi connectivity index (χ0) is 22.4. The normalized spacial score (nSPS) is 12.5. The lowest BCUT2D eigenvalue weighted by atomic mass is 10.3. The molecular formula is C17H19F3N2O6S2. The van der Waals surface area contributed by atoms with E-state index in [9.17, 15) is 30.0 Å². The molecular weight excluding hydrogens is 449 g/mol. The van der Waals surface area contributed by atoms with Crippen molar-refractivity contribution in [3.63, 3.8) is 0 Å². The van der Waals surface area contributed by atoms with E-state index in [0.29, 0.717) is 13.0 Å². The number of ether oxygens (including phenoxy) is 2. The number of rotatable bonds is 10. The van der Waals surface area contributed by atoms with Crippen LogP contribution in [0.1, 0.15) is 6.42 Å². The molecule has 8 nitrogen and oxygen atoms in total. The topological polar surface area (TPSA) is 111 Å². The van der Waals surface area contributed by atoms with E-state index in [1.54, 1.807) is 0 Å². The number of methoxy groups -OCH3 is 1. The summed E-state index contributed by atoms with van der Waals surface area (Å²) in [5.41, 5.74) is 0.0731. The number of hydrogen-bond acceptors (Lipinski definition) is 6. The summed E-state index contributed by atoms with van der Waals surface area (Å²) in [5, 5.41) is 0. The third-order valence-corrected chi connectivity index (χ3v) is 6.48. The number of halogens is 3. The summed E-state index contributed by atoms with van der Waals surface area (Å²) in [6.07, 6.45) is -4.40. The molecule has 0 spiro atoms. The maximum Gasteiger partial charge on any atom is 0.573 e. The lowest BCUT2D eigenvalue weighted by Gasteiger charge is -2.11. The van der Waals surface area contributed by atoms with Gasteiger partial charge in [-0.05, 0) is 55.0 Å². The van der Waals surface area contributed by atoms with Gasteiger partial charge in [0.15, 0.2) is 0 Å².